The van der Waals surface area contributed by atoms with Crippen LogP contribution in [0.1, 0.15) is 219 Å². The second kappa shape index (κ2) is 37.2. The van der Waals surface area contributed by atoms with E-state index in [1.54, 1.807) is 0 Å². The van der Waals surface area contributed by atoms with Gasteiger partial charge >= 0.3 is 0 Å². The molecule has 1 fully saturated rings. The Morgan fingerprint density at radius 1 is 0.600 bits per heavy atom. The van der Waals surface area contributed by atoms with Crippen LogP contribution in [0.2, 0.25) is 0 Å². The summed E-state index contributed by atoms with van der Waals surface area (Å²) >= 11 is 0. The summed E-state index contributed by atoms with van der Waals surface area (Å²) in [5.41, 5.74) is 0. The van der Waals surface area contributed by atoms with Gasteiger partial charge in [-0.15, -0.1) is 0 Å². The Morgan fingerprint density at radius 3 is 1.47 bits per heavy atom. The summed E-state index contributed by atoms with van der Waals surface area (Å²) in [6, 6.07) is -0.728. The standard InChI is InChI=1S/C46H89NO8/c1-3-5-7-9-11-13-14-15-16-17-18-19-20-21-22-23-24-25-26-28-29-31-33-35-40(49)39(38-54-46-45(53)44(52)43(51)41(37-48)55-46)47-42(50)36-34-32-30-27-12-10-8-6-4-2/h27,30,39-41,43-46,48-49,51-53H,3-26,28-29,31-38H2,1-2H3,(H,47,50)/b30-27-. The van der Waals surface area contributed by atoms with Crippen molar-refractivity contribution in [1.29, 1.82) is 0 Å². The lowest BCUT2D eigenvalue weighted by Crippen LogP contribution is -2.60. The smallest absolute Gasteiger partial charge is 0.220 e. The predicted molar refractivity (Wildman–Crippen MR) is 226 cm³/mol. The highest BCUT2D eigenvalue weighted by molar-refractivity contribution is 5.76. The first-order valence-electron chi connectivity index (χ1n) is 23.4. The summed E-state index contributed by atoms with van der Waals surface area (Å²) in [7, 11) is 0. The fraction of sp³-hybridized carbons (Fsp3) is 0.935. The molecule has 1 aliphatic heterocycles. The summed E-state index contributed by atoms with van der Waals surface area (Å²) in [5, 5.41) is 54.2. The maximum absolute atomic E-state index is 12.9. The maximum Gasteiger partial charge on any atom is 0.220 e. The number of unbranched alkanes of at least 4 members (excludes halogenated alkanes) is 27. The van der Waals surface area contributed by atoms with E-state index in [2.05, 4.69) is 31.3 Å². The molecule has 326 valence electrons. The Labute approximate surface area is 337 Å². The molecule has 0 bridgehead atoms. The molecule has 0 aromatic rings. The molecule has 55 heavy (non-hydrogen) atoms. The molecule has 0 aromatic carbocycles. The minimum absolute atomic E-state index is 0.146. The summed E-state index contributed by atoms with van der Waals surface area (Å²) in [6.07, 6.45) is 35.3. The highest BCUT2D eigenvalue weighted by Crippen LogP contribution is 2.23. The molecule has 0 spiro atoms. The Bertz CT molecular complexity index is 873. The molecule has 7 atom stereocenters. The van der Waals surface area contributed by atoms with E-state index in [0.29, 0.717) is 19.3 Å². The minimum Gasteiger partial charge on any atom is -0.394 e. The third-order valence-electron chi connectivity index (χ3n) is 11.4. The molecule has 0 radical (unpaired) electrons. The van der Waals surface area contributed by atoms with Crippen LogP contribution in [-0.4, -0.2) is 87.5 Å². The third kappa shape index (κ3) is 28.1. The van der Waals surface area contributed by atoms with Gasteiger partial charge in [0.2, 0.25) is 5.91 Å². The van der Waals surface area contributed by atoms with Crippen LogP contribution in [0.15, 0.2) is 12.2 Å². The molecule has 0 aromatic heterocycles. The molecule has 9 heteroatoms. The molecule has 1 rings (SSSR count). The van der Waals surface area contributed by atoms with Gasteiger partial charge in [-0.25, -0.2) is 0 Å². The van der Waals surface area contributed by atoms with Crippen LogP contribution in [-0.2, 0) is 14.3 Å². The van der Waals surface area contributed by atoms with E-state index in [1.807, 2.05) is 0 Å². The summed E-state index contributed by atoms with van der Waals surface area (Å²) in [5.74, 6) is -0.179. The lowest BCUT2D eigenvalue weighted by atomic mass is 9.99. The van der Waals surface area contributed by atoms with Crippen LogP contribution < -0.4 is 5.32 Å². The molecule has 1 saturated heterocycles. The number of nitrogens with one attached hydrogen (secondary N) is 1. The van der Waals surface area contributed by atoms with Crippen molar-refractivity contribution in [2.75, 3.05) is 13.2 Å². The van der Waals surface area contributed by atoms with Crippen molar-refractivity contribution in [3.05, 3.63) is 12.2 Å². The largest absolute Gasteiger partial charge is 0.394 e. The molecular weight excluding hydrogens is 695 g/mol. The minimum atomic E-state index is -1.55. The number of amides is 1. The van der Waals surface area contributed by atoms with Gasteiger partial charge in [0.25, 0.3) is 0 Å². The number of rotatable bonds is 39. The average molecular weight is 784 g/mol. The van der Waals surface area contributed by atoms with Crippen molar-refractivity contribution in [3.63, 3.8) is 0 Å². The van der Waals surface area contributed by atoms with E-state index < -0.39 is 49.5 Å². The SMILES string of the molecule is CCCCCC/C=C\CCCC(=O)NC(COC1OC(CO)C(O)C(O)C1O)C(O)CCCCCCCCCCCCCCCCCCCCCCCCC. The van der Waals surface area contributed by atoms with Crippen molar-refractivity contribution in [3.8, 4) is 0 Å². The van der Waals surface area contributed by atoms with E-state index in [9.17, 15) is 30.3 Å². The monoisotopic (exact) mass is 784 g/mol. The third-order valence-corrected chi connectivity index (χ3v) is 11.4. The molecule has 1 amide bonds. The second-order valence-electron chi connectivity index (χ2n) is 16.6. The highest BCUT2D eigenvalue weighted by Gasteiger charge is 2.44. The molecule has 1 aliphatic rings. The first-order valence-corrected chi connectivity index (χ1v) is 23.4. The quantitative estimate of drug-likeness (QED) is 0.0267. The number of aliphatic hydroxyl groups is 5. The van der Waals surface area contributed by atoms with Gasteiger partial charge in [-0.3, -0.25) is 4.79 Å². The van der Waals surface area contributed by atoms with Gasteiger partial charge in [0.15, 0.2) is 6.29 Å². The predicted octanol–water partition coefficient (Wildman–Crippen LogP) is 9.73. The van der Waals surface area contributed by atoms with Crippen LogP contribution in [0, 0.1) is 0 Å². The van der Waals surface area contributed by atoms with Gasteiger partial charge in [-0.05, 0) is 32.1 Å². The van der Waals surface area contributed by atoms with E-state index in [1.165, 1.54) is 154 Å². The number of hydrogen-bond donors (Lipinski definition) is 6. The van der Waals surface area contributed by atoms with Gasteiger partial charge in [0, 0.05) is 6.42 Å². The van der Waals surface area contributed by atoms with E-state index in [4.69, 9.17) is 9.47 Å². The Hall–Kier alpha value is -1.07. The molecule has 6 N–H and O–H groups in total. The number of ether oxygens (including phenoxy) is 2. The van der Waals surface area contributed by atoms with Gasteiger partial charge in [0.05, 0.1) is 25.4 Å². The maximum atomic E-state index is 12.9. The topological polar surface area (TPSA) is 149 Å². The zero-order chi connectivity index (χ0) is 40.2. The van der Waals surface area contributed by atoms with Crippen molar-refractivity contribution >= 4 is 5.91 Å². The lowest BCUT2D eigenvalue weighted by molar-refractivity contribution is -0.302. The van der Waals surface area contributed by atoms with Gasteiger partial charge in [0.1, 0.15) is 24.4 Å². The summed E-state index contributed by atoms with van der Waals surface area (Å²) in [4.78, 5) is 12.9. The molecule has 7 unspecified atom stereocenters. The summed E-state index contributed by atoms with van der Waals surface area (Å²) < 4.78 is 11.2. The van der Waals surface area contributed by atoms with E-state index >= 15 is 0 Å². The number of aliphatic hydroxyl groups excluding tert-OH is 5. The van der Waals surface area contributed by atoms with E-state index in [-0.39, 0.29) is 12.5 Å². The number of allylic oxidation sites excluding steroid dienone is 2. The zero-order valence-electron chi connectivity index (χ0n) is 35.7. The summed E-state index contributed by atoms with van der Waals surface area (Å²) in [6.45, 7) is 3.79. The normalized spacial score (nSPS) is 21.3. The Balaban J connectivity index is 2.23. The van der Waals surface area contributed by atoms with Crippen molar-refractivity contribution in [1.82, 2.24) is 5.32 Å². The lowest BCUT2D eigenvalue weighted by Gasteiger charge is -2.40. The van der Waals surface area contributed by atoms with Crippen LogP contribution in [0.3, 0.4) is 0 Å². The van der Waals surface area contributed by atoms with Crippen LogP contribution in [0.25, 0.3) is 0 Å². The molecule has 0 aliphatic carbocycles. The first-order chi connectivity index (χ1) is 26.8. The van der Waals surface area contributed by atoms with Crippen LogP contribution >= 0.6 is 0 Å². The van der Waals surface area contributed by atoms with Crippen molar-refractivity contribution in [2.24, 2.45) is 0 Å². The van der Waals surface area contributed by atoms with Crippen molar-refractivity contribution in [2.45, 2.75) is 262 Å². The number of hydrogen-bond acceptors (Lipinski definition) is 8. The number of carbonyl (C=O) groups excluding carboxylic acids is 1. The Morgan fingerprint density at radius 2 is 1.02 bits per heavy atom. The molecule has 1 heterocycles. The molecule has 9 nitrogen and oxygen atoms in total. The van der Waals surface area contributed by atoms with Gasteiger partial charge < -0.3 is 40.3 Å². The molecular formula is C46H89NO8. The van der Waals surface area contributed by atoms with Crippen LogP contribution in [0.4, 0.5) is 0 Å². The Kier molecular flexibility index (Phi) is 35.2. The fourth-order valence-corrected chi connectivity index (χ4v) is 7.58. The van der Waals surface area contributed by atoms with E-state index in [0.717, 1.165) is 32.1 Å². The van der Waals surface area contributed by atoms with Crippen LogP contribution in [0.5, 0.6) is 0 Å². The first kappa shape index (κ1) is 51.9. The zero-order valence-corrected chi connectivity index (χ0v) is 35.7. The van der Waals surface area contributed by atoms with Gasteiger partial charge in [-0.2, -0.15) is 0 Å². The second-order valence-corrected chi connectivity index (χ2v) is 16.6. The van der Waals surface area contributed by atoms with Crippen molar-refractivity contribution < 1.29 is 39.8 Å². The fourth-order valence-electron chi connectivity index (χ4n) is 7.58. The highest BCUT2D eigenvalue weighted by atomic mass is 16.7. The van der Waals surface area contributed by atoms with Gasteiger partial charge in [-0.1, -0.05) is 193 Å². The average Bonchev–Trinajstić information content (AvgIpc) is 3.18. The number of carbonyl (C=O) groups is 1. The molecule has 0 saturated carbocycles.